The molecule has 2 aliphatic rings. The molecule has 3 heteroatoms. The summed E-state index contributed by atoms with van der Waals surface area (Å²) in [4.78, 5) is 2.47. The molecule has 92 valence electrons. The normalized spacial score (nSPS) is 25.2. The monoisotopic (exact) mass is 232 g/mol. The molecule has 3 rings (SSSR count). The lowest BCUT2D eigenvalue weighted by molar-refractivity contribution is 0.122. The molecule has 1 aromatic carbocycles. The molecule has 0 amide bonds. The first-order valence-electron chi connectivity index (χ1n) is 6.57. The fourth-order valence-corrected chi connectivity index (χ4v) is 2.85. The van der Waals surface area contributed by atoms with Gasteiger partial charge in [0.05, 0.1) is 13.2 Å². The van der Waals surface area contributed by atoms with Crippen molar-refractivity contribution in [3.63, 3.8) is 0 Å². The minimum atomic E-state index is 0.689. The Bertz CT molecular complexity index is 368. The Morgan fingerprint density at radius 3 is 2.76 bits per heavy atom. The highest BCUT2D eigenvalue weighted by atomic mass is 16.5. The molecule has 1 N–H and O–H groups in total. The van der Waals surface area contributed by atoms with Crippen LogP contribution in [0.5, 0.6) is 0 Å². The Morgan fingerprint density at radius 2 is 2.00 bits per heavy atom. The van der Waals surface area contributed by atoms with Crippen molar-refractivity contribution in [1.82, 2.24) is 5.32 Å². The summed E-state index contributed by atoms with van der Waals surface area (Å²) in [7, 11) is 0. The van der Waals surface area contributed by atoms with Crippen molar-refractivity contribution >= 4 is 5.69 Å². The molecule has 2 aliphatic heterocycles. The van der Waals surface area contributed by atoms with Gasteiger partial charge >= 0.3 is 0 Å². The molecule has 2 heterocycles. The van der Waals surface area contributed by atoms with Gasteiger partial charge in [0.25, 0.3) is 0 Å². The van der Waals surface area contributed by atoms with E-state index >= 15 is 0 Å². The van der Waals surface area contributed by atoms with E-state index in [1.807, 2.05) is 0 Å². The number of anilines is 1. The Kier molecular flexibility index (Phi) is 3.29. The molecule has 0 aromatic heterocycles. The van der Waals surface area contributed by atoms with Gasteiger partial charge in [0, 0.05) is 25.3 Å². The number of morpholine rings is 1. The summed E-state index contributed by atoms with van der Waals surface area (Å²) >= 11 is 0. The number of benzene rings is 1. The number of nitrogens with zero attached hydrogens (tertiary/aromatic N) is 1. The Morgan fingerprint density at radius 1 is 1.18 bits per heavy atom. The topological polar surface area (TPSA) is 24.5 Å². The van der Waals surface area contributed by atoms with Gasteiger partial charge in [0.1, 0.15) is 0 Å². The second kappa shape index (κ2) is 5.07. The van der Waals surface area contributed by atoms with Crippen LogP contribution in [0.1, 0.15) is 17.9 Å². The van der Waals surface area contributed by atoms with Crippen LogP contribution in [0.4, 0.5) is 5.69 Å². The fraction of sp³-hybridized carbons (Fsp3) is 0.571. The molecule has 0 saturated carbocycles. The summed E-state index contributed by atoms with van der Waals surface area (Å²) in [6.45, 7) is 6.05. The van der Waals surface area contributed by atoms with Crippen LogP contribution < -0.4 is 10.2 Å². The van der Waals surface area contributed by atoms with Crippen molar-refractivity contribution in [2.45, 2.75) is 12.3 Å². The highest BCUT2D eigenvalue weighted by Crippen LogP contribution is 2.31. The second-order valence-corrected chi connectivity index (χ2v) is 4.85. The average molecular weight is 232 g/mol. The van der Waals surface area contributed by atoms with E-state index in [1.54, 1.807) is 0 Å². The lowest BCUT2D eigenvalue weighted by Gasteiger charge is -2.31. The van der Waals surface area contributed by atoms with E-state index in [-0.39, 0.29) is 0 Å². The number of ether oxygens (including phenoxy) is 1. The van der Waals surface area contributed by atoms with E-state index in [4.69, 9.17) is 4.74 Å². The smallest absolute Gasteiger partial charge is 0.0642 e. The summed E-state index contributed by atoms with van der Waals surface area (Å²) in [5.74, 6) is 0.689. The second-order valence-electron chi connectivity index (χ2n) is 4.85. The third-order valence-electron chi connectivity index (χ3n) is 3.79. The largest absolute Gasteiger partial charge is 0.378 e. The first kappa shape index (κ1) is 11.1. The summed E-state index contributed by atoms with van der Waals surface area (Å²) < 4.78 is 5.43. The van der Waals surface area contributed by atoms with Gasteiger partial charge in [-0.1, -0.05) is 18.2 Å². The third kappa shape index (κ3) is 2.31. The SMILES string of the molecule is c1ccc(N2CCOCC2)c(C2CCNC2)c1. The standard InChI is InChI=1S/C14H20N2O/c1-2-4-14(16-7-9-17-10-8-16)13(3-1)12-5-6-15-11-12/h1-4,12,15H,5-11H2. The molecular weight excluding hydrogens is 212 g/mol. The molecular formula is C14H20N2O. The maximum absolute atomic E-state index is 5.43. The van der Waals surface area contributed by atoms with Gasteiger partial charge in [-0.3, -0.25) is 0 Å². The van der Waals surface area contributed by atoms with E-state index in [0.29, 0.717) is 5.92 Å². The predicted molar refractivity (Wildman–Crippen MR) is 69.7 cm³/mol. The molecule has 0 radical (unpaired) electrons. The summed E-state index contributed by atoms with van der Waals surface area (Å²) in [5, 5.41) is 3.46. The molecule has 2 fully saturated rings. The Labute approximate surface area is 103 Å². The Balaban J connectivity index is 1.86. The van der Waals surface area contributed by atoms with Crippen molar-refractivity contribution in [1.29, 1.82) is 0 Å². The van der Waals surface area contributed by atoms with Crippen LogP contribution >= 0.6 is 0 Å². The zero-order chi connectivity index (χ0) is 11.5. The van der Waals surface area contributed by atoms with Crippen molar-refractivity contribution in [3.8, 4) is 0 Å². The van der Waals surface area contributed by atoms with Crippen LogP contribution in [0, 0.1) is 0 Å². The number of para-hydroxylation sites is 1. The van der Waals surface area contributed by atoms with Gasteiger partial charge in [-0.15, -0.1) is 0 Å². The Hall–Kier alpha value is -1.06. The van der Waals surface area contributed by atoms with Crippen molar-refractivity contribution in [2.24, 2.45) is 0 Å². The quantitative estimate of drug-likeness (QED) is 0.838. The number of rotatable bonds is 2. The fourth-order valence-electron chi connectivity index (χ4n) is 2.85. The van der Waals surface area contributed by atoms with Crippen LogP contribution in [0.25, 0.3) is 0 Å². The molecule has 0 bridgehead atoms. The van der Waals surface area contributed by atoms with Crippen LogP contribution in [-0.4, -0.2) is 39.4 Å². The number of nitrogens with one attached hydrogen (secondary N) is 1. The lowest BCUT2D eigenvalue weighted by atomic mass is 9.96. The molecule has 1 aromatic rings. The van der Waals surface area contributed by atoms with Crippen molar-refractivity contribution in [2.75, 3.05) is 44.3 Å². The number of hydrogen-bond acceptors (Lipinski definition) is 3. The van der Waals surface area contributed by atoms with Gasteiger partial charge in [-0.2, -0.15) is 0 Å². The van der Waals surface area contributed by atoms with Gasteiger partial charge in [-0.25, -0.2) is 0 Å². The van der Waals surface area contributed by atoms with Gasteiger partial charge in [-0.05, 0) is 30.5 Å². The summed E-state index contributed by atoms with van der Waals surface area (Å²) in [6, 6.07) is 8.87. The van der Waals surface area contributed by atoms with Gasteiger partial charge in [0.15, 0.2) is 0 Å². The third-order valence-corrected chi connectivity index (χ3v) is 3.79. The van der Waals surface area contributed by atoms with Gasteiger partial charge < -0.3 is 15.0 Å². The molecule has 0 aliphatic carbocycles. The highest BCUT2D eigenvalue weighted by Gasteiger charge is 2.22. The van der Waals surface area contributed by atoms with E-state index in [0.717, 1.165) is 39.4 Å². The first-order valence-corrected chi connectivity index (χ1v) is 6.57. The maximum atomic E-state index is 5.43. The predicted octanol–water partition coefficient (Wildman–Crippen LogP) is 1.60. The average Bonchev–Trinajstić information content (AvgIpc) is 2.94. The van der Waals surface area contributed by atoms with Crippen molar-refractivity contribution in [3.05, 3.63) is 29.8 Å². The molecule has 1 atom stereocenters. The van der Waals surface area contributed by atoms with Crippen LogP contribution in [0.3, 0.4) is 0 Å². The highest BCUT2D eigenvalue weighted by molar-refractivity contribution is 5.55. The zero-order valence-corrected chi connectivity index (χ0v) is 10.2. The zero-order valence-electron chi connectivity index (χ0n) is 10.2. The van der Waals surface area contributed by atoms with Gasteiger partial charge in [0.2, 0.25) is 0 Å². The van der Waals surface area contributed by atoms with Crippen molar-refractivity contribution < 1.29 is 4.74 Å². The van der Waals surface area contributed by atoms with Crippen LogP contribution in [-0.2, 0) is 4.74 Å². The van der Waals surface area contributed by atoms with E-state index in [1.165, 1.54) is 17.7 Å². The molecule has 1 unspecified atom stereocenters. The molecule has 3 nitrogen and oxygen atoms in total. The maximum Gasteiger partial charge on any atom is 0.0642 e. The molecule has 17 heavy (non-hydrogen) atoms. The van der Waals surface area contributed by atoms with E-state index in [2.05, 4.69) is 34.5 Å². The van der Waals surface area contributed by atoms with E-state index in [9.17, 15) is 0 Å². The lowest BCUT2D eigenvalue weighted by Crippen LogP contribution is -2.37. The minimum absolute atomic E-state index is 0.689. The first-order chi connectivity index (χ1) is 8.45. The summed E-state index contributed by atoms with van der Waals surface area (Å²) in [6.07, 6.45) is 1.27. The van der Waals surface area contributed by atoms with Crippen LogP contribution in [0.15, 0.2) is 24.3 Å². The summed E-state index contributed by atoms with van der Waals surface area (Å²) in [5.41, 5.74) is 2.93. The number of hydrogen-bond donors (Lipinski definition) is 1. The van der Waals surface area contributed by atoms with Crippen LogP contribution in [0.2, 0.25) is 0 Å². The molecule has 2 saturated heterocycles. The minimum Gasteiger partial charge on any atom is -0.378 e. The van der Waals surface area contributed by atoms with E-state index < -0.39 is 0 Å². The molecule has 0 spiro atoms.